The number of rotatable bonds is 7. The third-order valence-electron chi connectivity index (χ3n) is 5.05. The summed E-state index contributed by atoms with van der Waals surface area (Å²) >= 11 is 0. The number of aliphatic hydroxyl groups is 1. The molecule has 1 unspecified atom stereocenters. The summed E-state index contributed by atoms with van der Waals surface area (Å²) in [7, 11) is 5.33. The van der Waals surface area contributed by atoms with Crippen molar-refractivity contribution in [3.8, 4) is 5.75 Å². The number of ether oxygens (including phenoxy) is 1. The maximum atomic E-state index is 14.0. The lowest BCUT2D eigenvalue weighted by molar-refractivity contribution is -0.139. The summed E-state index contributed by atoms with van der Waals surface area (Å²) in [4.78, 5) is 29.1. The molecule has 158 valence electrons. The van der Waals surface area contributed by atoms with E-state index in [4.69, 9.17) is 4.74 Å². The standard InChI is InChI=1S/C23H25FN2O4/c1-25(2)11-6-12-26-20(15-7-4-9-17(24)13-15)19(22(28)23(26)29)21(27)16-8-5-10-18(14-16)30-3/h4-5,7-10,13-14,20,27H,6,11-12H2,1-3H3. The highest BCUT2D eigenvalue weighted by Crippen LogP contribution is 2.39. The van der Waals surface area contributed by atoms with Crippen LogP contribution in [0.1, 0.15) is 23.6 Å². The average Bonchev–Trinajstić information content (AvgIpc) is 2.98. The Morgan fingerprint density at radius 1 is 1.17 bits per heavy atom. The lowest BCUT2D eigenvalue weighted by Crippen LogP contribution is -2.32. The molecule has 0 spiro atoms. The van der Waals surface area contributed by atoms with Gasteiger partial charge in [0.2, 0.25) is 0 Å². The number of carbonyl (C=O) groups excluding carboxylic acids is 2. The van der Waals surface area contributed by atoms with Crippen LogP contribution in [-0.4, -0.2) is 60.9 Å². The van der Waals surface area contributed by atoms with Crippen molar-refractivity contribution in [2.75, 3.05) is 34.3 Å². The van der Waals surface area contributed by atoms with Gasteiger partial charge in [0.15, 0.2) is 0 Å². The Kier molecular flexibility index (Phi) is 6.52. The van der Waals surface area contributed by atoms with Gasteiger partial charge in [-0.15, -0.1) is 0 Å². The second kappa shape index (κ2) is 9.09. The zero-order valence-electron chi connectivity index (χ0n) is 17.3. The number of aliphatic hydroxyl groups excluding tert-OH is 1. The quantitative estimate of drug-likeness (QED) is 0.430. The molecule has 1 heterocycles. The van der Waals surface area contributed by atoms with E-state index in [0.717, 1.165) is 6.54 Å². The fourth-order valence-electron chi connectivity index (χ4n) is 3.62. The van der Waals surface area contributed by atoms with Crippen molar-refractivity contribution in [2.45, 2.75) is 12.5 Å². The van der Waals surface area contributed by atoms with Gasteiger partial charge in [0, 0.05) is 12.1 Å². The molecular formula is C23H25FN2O4. The van der Waals surface area contributed by atoms with Crippen LogP contribution in [0.4, 0.5) is 4.39 Å². The van der Waals surface area contributed by atoms with Gasteiger partial charge in [0.05, 0.1) is 18.7 Å². The van der Waals surface area contributed by atoms with Gasteiger partial charge in [-0.2, -0.15) is 0 Å². The van der Waals surface area contributed by atoms with Crippen LogP contribution in [0.5, 0.6) is 5.75 Å². The van der Waals surface area contributed by atoms with Crippen molar-refractivity contribution in [1.29, 1.82) is 0 Å². The summed E-state index contributed by atoms with van der Waals surface area (Å²) in [5.74, 6) is -1.77. The minimum Gasteiger partial charge on any atom is -0.507 e. The third-order valence-corrected chi connectivity index (χ3v) is 5.05. The van der Waals surface area contributed by atoms with Crippen LogP contribution in [0.15, 0.2) is 54.1 Å². The van der Waals surface area contributed by atoms with Gasteiger partial charge in [-0.05, 0) is 56.9 Å². The summed E-state index contributed by atoms with van der Waals surface area (Å²) < 4.78 is 19.1. The Bertz CT molecular complexity index is 987. The largest absolute Gasteiger partial charge is 0.507 e. The monoisotopic (exact) mass is 412 g/mol. The van der Waals surface area contributed by atoms with Crippen LogP contribution in [0.25, 0.3) is 5.76 Å². The molecule has 1 amide bonds. The fourth-order valence-corrected chi connectivity index (χ4v) is 3.62. The van der Waals surface area contributed by atoms with E-state index in [-0.39, 0.29) is 11.3 Å². The van der Waals surface area contributed by atoms with Crippen molar-refractivity contribution in [3.05, 3.63) is 71.0 Å². The highest BCUT2D eigenvalue weighted by atomic mass is 19.1. The van der Waals surface area contributed by atoms with Crippen LogP contribution < -0.4 is 4.74 Å². The Balaban J connectivity index is 2.11. The molecule has 1 N–H and O–H groups in total. The first-order valence-electron chi connectivity index (χ1n) is 9.66. The molecule has 0 radical (unpaired) electrons. The molecular weight excluding hydrogens is 387 g/mol. The van der Waals surface area contributed by atoms with Gasteiger partial charge in [0.25, 0.3) is 11.7 Å². The minimum atomic E-state index is -0.867. The number of hydrogen-bond donors (Lipinski definition) is 1. The summed E-state index contributed by atoms with van der Waals surface area (Å²) in [6.07, 6.45) is 0.630. The van der Waals surface area contributed by atoms with Gasteiger partial charge in [-0.1, -0.05) is 24.3 Å². The highest BCUT2D eigenvalue weighted by Gasteiger charge is 2.45. The smallest absolute Gasteiger partial charge is 0.295 e. The van der Waals surface area contributed by atoms with Gasteiger partial charge >= 0.3 is 0 Å². The van der Waals surface area contributed by atoms with Gasteiger partial charge < -0.3 is 19.6 Å². The Morgan fingerprint density at radius 3 is 2.57 bits per heavy atom. The predicted molar refractivity (Wildman–Crippen MR) is 112 cm³/mol. The third kappa shape index (κ3) is 4.36. The zero-order valence-corrected chi connectivity index (χ0v) is 17.3. The topological polar surface area (TPSA) is 70.1 Å². The molecule has 1 fully saturated rings. The van der Waals surface area contributed by atoms with Crippen molar-refractivity contribution in [1.82, 2.24) is 9.80 Å². The first-order chi connectivity index (χ1) is 14.3. The fraction of sp³-hybridized carbons (Fsp3) is 0.304. The van der Waals surface area contributed by atoms with Crippen molar-refractivity contribution >= 4 is 17.4 Å². The Labute approximate surface area is 175 Å². The molecule has 1 aliphatic rings. The summed E-state index contributed by atoms with van der Waals surface area (Å²) in [6.45, 7) is 1.02. The van der Waals surface area contributed by atoms with Gasteiger partial charge in [-0.25, -0.2) is 4.39 Å². The van der Waals surface area contributed by atoms with E-state index in [1.165, 1.54) is 30.2 Å². The lowest BCUT2D eigenvalue weighted by Gasteiger charge is -2.26. The zero-order chi connectivity index (χ0) is 21.8. The number of amides is 1. The van der Waals surface area contributed by atoms with E-state index in [1.54, 1.807) is 30.3 Å². The average molecular weight is 412 g/mol. The first-order valence-corrected chi connectivity index (χ1v) is 9.66. The number of benzene rings is 2. The second-order valence-corrected chi connectivity index (χ2v) is 7.44. The highest BCUT2D eigenvalue weighted by molar-refractivity contribution is 6.46. The molecule has 1 atom stereocenters. The minimum absolute atomic E-state index is 0.0521. The van der Waals surface area contributed by atoms with Gasteiger partial charge in [0.1, 0.15) is 17.3 Å². The maximum absolute atomic E-state index is 14.0. The molecule has 0 aromatic heterocycles. The normalized spacial score (nSPS) is 18.3. The summed E-state index contributed by atoms with van der Waals surface area (Å²) in [5.41, 5.74) is 0.731. The van der Waals surface area contributed by atoms with Crippen LogP contribution in [0.2, 0.25) is 0 Å². The molecule has 2 aromatic rings. The maximum Gasteiger partial charge on any atom is 0.295 e. The van der Waals surface area contributed by atoms with Crippen LogP contribution in [0, 0.1) is 5.82 Å². The SMILES string of the molecule is COc1cccc(C(O)=C2C(=O)C(=O)N(CCCN(C)C)C2c2cccc(F)c2)c1. The number of halogens is 1. The van der Waals surface area contributed by atoms with Crippen LogP contribution in [0.3, 0.4) is 0 Å². The van der Waals surface area contributed by atoms with E-state index < -0.39 is 23.5 Å². The molecule has 6 nitrogen and oxygen atoms in total. The molecule has 3 rings (SSSR count). The Morgan fingerprint density at radius 2 is 1.90 bits per heavy atom. The van der Waals surface area contributed by atoms with E-state index in [2.05, 4.69) is 0 Å². The number of methoxy groups -OCH3 is 1. The Hall–Kier alpha value is -3.19. The van der Waals surface area contributed by atoms with E-state index in [1.807, 2.05) is 19.0 Å². The van der Waals surface area contributed by atoms with Crippen molar-refractivity contribution in [3.63, 3.8) is 0 Å². The predicted octanol–water partition coefficient (Wildman–Crippen LogP) is 3.21. The molecule has 0 bridgehead atoms. The van der Waals surface area contributed by atoms with Crippen molar-refractivity contribution in [2.24, 2.45) is 0 Å². The van der Waals surface area contributed by atoms with Crippen LogP contribution in [-0.2, 0) is 9.59 Å². The number of likely N-dealkylation sites (tertiary alicyclic amines) is 1. The number of ketones is 1. The summed E-state index contributed by atoms with van der Waals surface area (Å²) in [6, 6.07) is 11.5. The number of nitrogens with zero attached hydrogens (tertiary/aromatic N) is 2. The molecule has 1 aliphatic heterocycles. The number of hydrogen-bond acceptors (Lipinski definition) is 5. The molecule has 2 aromatic carbocycles. The van der Waals surface area contributed by atoms with E-state index in [0.29, 0.717) is 29.8 Å². The van der Waals surface area contributed by atoms with Crippen molar-refractivity contribution < 1.29 is 23.8 Å². The molecule has 1 saturated heterocycles. The molecule has 7 heteroatoms. The lowest BCUT2D eigenvalue weighted by atomic mass is 9.95. The van der Waals surface area contributed by atoms with E-state index >= 15 is 0 Å². The number of Topliss-reactive ketones (excluding diaryl/α,β-unsaturated/α-hetero) is 1. The van der Waals surface area contributed by atoms with E-state index in [9.17, 15) is 19.1 Å². The molecule has 30 heavy (non-hydrogen) atoms. The van der Waals surface area contributed by atoms with Gasteiger partial charge in [-0.3, -0.25) is 9.59 Å². The molecule has 0 saturated carbocycles. The second-order valence-electron chi connectivity index (χ2n) is 7.44. The number of carbonyl (C=O) groups is 2. The first kappa shape index (κ1) is 21.5. The summed E-state index contributed by atoms with van der Waals surface area (Å²) in [5, 5.41) is 11.0. The molecule has 0 aliphatic carbocycles. The van der Waals surface area contributed by atoms with Crippen LogP contribution >= 0.6 is 0 Å².